The molecule has 0 bridgehead atoms. The first-order valence-corrected chi connectivity index (χ1v) is 7.98. The minimum Gasteiger partial charge on any atom is -0.462 e. The number of aliphatic hydroxyl groups excluding tert-OH is 1. The molecule has 0 amide bonds. The maximum absolute atomic E-state index is 12.4. The van der Waals surface area contributed by atoms with Gasteiger partial charge in [-0.25, -0.2) is 9.59 Å². The second-order valence-corrected chi connectivity index (χ2v) is 5.36. The third-order valence-electron chi connectivity index (χ3n) is 3.82. The fraction of sp³-hybridized carbons (Fsp3) is 0.529. The predicted octanol–water partition coefficient (Wildman–Crippen LogP) is 2.00. The van der Waals surface area contributed by atoms with E-state index in [4.69, 9.17) is 9.47 Å². The average molecular weight is 321 g/mol. The molecule has 1 N–H and O–H groups in total. The number of piperidine rings is 1. The lowest BCUT2D eigenvalue weighted by Gasteiger charge is -2.32. The van der Waals surface area contributed by atoms with Crippen LogP contribution in [0.4, 0.5) is 5.69 Å². The van der Waals surface area contributed by atoms with Crippen LogP contribution in [-0.2, 0) is 9.47 Å². The van der Waals surface area contributed by atoms with Crippen LogP contribution in [0.25, 0.3) is 0 Å². The van der Waals surface area contributed by atoms with Crippen molar-refractivity contribution in [2.45, 2.75) is 32.8 Å². The Bertz CT molecular complexity index is 564. The molecule has 1 aliphatic heterocycles. The standard InChI is InChI=1S/C17H23NO5/c1-3-22-16(20)13-6-5-7-14(15(13)17(21)23-4-2)18-10-8-12(19)9-11-18/h5-7,12,19H,3-4,8-11H2,1-2H3. The van der Waals surface area contributed by atoms with Gasteiger partial charge in [0.2, 0.25) is 0 Å². The van der Waals surface area contributed by atoms with E-state index in [0.717, 1.165) is 0 Å². The summed E-state index contributed by atoms with van der Waals surface area (Å²) in [5.41, 5.74) is 1.11. The molecule has 0 saturated carbocycles. The van der Waals surface area contributed by atoms with Gasteiger partial charge in [-0.15, -0.1) is 0 Å². The average Bonchev–Trinajstić information content (AvgIpc) is 2.55. The lowest BCUT2D eigenvalue weighted by molar-refractivity contribution is 0.0479. The molecule has 1 aliphatic rings. The van der Waals surface area contributed by atoms with Gasteiger partial charge >= 0.3 is 11.9 Å². The second kappa shape index (κ2) is 7.97. The largest absolute Gasteiger partial charge is 0.462 e. The Morgan fingerprint density at radius 3 is 2.35 bits per heavy atom. The maximum Gasteiger partial charge on any atom is 0.341 e. The van der Waals surface area contributed by atoms with Crippen LogP contribution in [0.1, 0.15) is 47.4 Å². The van der Waals surface area contributed by atoms with Crippen LogP contribution in [0, 0.1) is 0 Å². The van der Waals surface area contributed by atoms with Gasteiger partial charge in [0.1, 0.15) is 0 Å². The van der Waals surface area contributed by atoms with Gasteiger partial charge in [-0.2, -0.15) is 0 Å². The van der Waals surface area contributed by atoms with Crippen molar-refractivity contribution < 1.29 is 24.2 Å². The number of hydrogen-bond donors (Lipinski definition) is 1. The Hall–Kier alpha value is -2.08. The van der Waals surface area contributed by atoms with E-state index < -0.39 is 11.9 Å². The number of benzene rings is 1. The topological polar surface area (TPSA) is 76.1 Å². The Morgan fingerprint density at radius 2 is 1.74 bits per heavy atom. The summed E-state index contributed by atoms with van der Waals surface area (Å²) < 4.78 is 10.2. The number of nitrogens with zero attached hydrogens (tertiary/aromatic N) is 1. The summed E-state index contributed by atoms with van der Waals surface area (Å²) in [6.07, 6.45) is 0.947. The van der Waals surface area contributed by atoms with Crippen molar-refractivity contribution in [3.63, 3.8) is 0 Å². The predicted molar refractivity (Wildman–Crippen MR) is 85.8 cm³/mol. The minimum absolute atomic E-state index is 0.217. The van der Waals surface area contributed by atoms with Gasteiger partial charge in [-0.3, -0.25) is 0 Å². The van der Waals surface area contributed by atoms with Crippen molar-refractivity contribution in [2.24, 2.45) is 0 Å². The quantitative estimate of drug-likeness (QED) is 0.836. The van der Waals surface area contributed by atoms with E-state index in [0.29, 0.717) is 31.6 Å². The second-order valence-electron chi connectivity index (χ2n) is 5.36. The third-order valence-corrected chi connectivity index (χ3v) is 3.82. The third kappa shape index (κ3) is 4.01. The van der Waals surface area contributed by atoms with E-state index in [1.54, 1.807) is 32.0 Å². The summed E-state index contributed by atoms with van der Waals surface area (Å²) in [6, 6.07) is 5.11. The van der Waals surface area contributed by atoms with Crippen LogP contribution in [0.15, 0.2) is 18.2 Å². The van der Waals surface area contributed by atoms with Crippen LogP contribution in [0.5, 0.6) is 0 Å². The molecule has 23 heavy (non-hydrogen) atoms. The van der Waals surface area contributed by atoms with Crippen molar-refractivity contribution >= 4 is 17.6 Å². The molecule has 6 heteroatoms. The van der Waals surface area contributed by atoms with Crippen molar-refractivity contribution in [1.82, 2.24) is 0 Å². The van der Waals surface area contributed by atoms with Gasteiger partial charge in [0.25, 0.3) is 0 Å². The first kappa shape index (κ1) is 17.3. The number of aliphatic hydroxyl groups is 1. The Kier molecular flexibility index (Phi) is 5.98. The van der Waals surface area contributed by atoms with Gasteiger partial charge in [0.15, 0.2) is 0 Å². The molecule has 1 fully saturated rings. The van der Waals surface area contributed by atoms with E-state index in [9.17, 15) is 14.7 Å². The zero-order chi connectivity index (χ0) is 16.8. The summed E-state index contributed by atoms with van der Waals surface area (Å²) in [4.78, 5) is 26.6. The number of esters is 2. The molecule has 0 unspecified atom stereocenters. The number of hydrogen-bond acceptors (Lipinski definition) is 6. The number of ether oxygens (including phenoxy) is 2. The van der Waals surface area contributed by atoms with Crippen molar-refractivity contribution in [2.75, 3.05) is 31.2 Å². The highest BCUT2D eigenvalue weighted by Crippen LogP contribution is 2.28. The molecule has 0 radical (unpaired) electrons. The number of anilines is 1. The van der Waals surface area contributed by atoms with E-state index in [1.165, 1.54) is 0 Å². The van der Waals surface area contributed by atoms with Crippen molar-refractivity contribution in [3.05, 3.63) is 29.3 Å². The van der Waals surface area contributed by atoms with Gasteiger partial charge < -0.3 is 19.5 Å². The highest BCUT2D eigenvalue weighted by Gasteiger charge is 2.27. The van der Waals surface area contributed by atoms with Crippen LogP contribution in [0.2, 0.25) is 0 Å². The highest BCUT2D eigenvalue weighted by molar-refractivity contribution is 6.07. The normalized spacial score (nSPS) is 15.3. The van der Waals surface area contributed by atoms with Crippen LogP contribution in [-0.4, -0.2) is 49.5 Å². The van der Waals surface area contributed by atoms with Gasteiger partial charge in [-0.1, -0.05) is 6.07 Å². The summed E-state index contributed by atoms with van der Waals surface area (Å²) >= 11 is 0. The maximum atomic E-state index is 12.4. The van der Waals surface area contributed by atoms with Crippen LogP contribution < -0.4 is 4.90 Å². The van der Waals surface area contributed by atoms with E-state index in [1.807, 2.05) is 4.90 Å². The van der Waals surface area contributed by atoms with Crippen LogP contribution in [0.3, 0.4) is 0 Å². The van der Waals surface area contributed by atoms with Gasteiger partial charge in [0.05, 0.1) is 36.1 Å². The smallest absolute Gasteiger partial charge is 0.341 e. The summed E-state index contributed by atoms with van der Waals surface area (Å²) in [7, 11) is 0. The summed E-state index contributed by atoms with van der Waals surface area (Å²) in [5, 5.41) is 9.66. The van der Waals surface area contributed by atoms with Crippen molar-refractivity contribution in [1.29, 1.82) is 0 Å². The SMILES string of the molecule is CCOC(=O)c1cccc(N2CCC(O)CC2)c1C(=O)OCC. The van der Waals surface area contributed by atoms with Gasteiger partial charge in [0, 0.05) is 13.1 Å². The van der Waals surface area contributed by atoms with E-state index >= 15 is 0 Å². The zero-order valence-electron chi connectivity index (χ0n) is 13.6. The molecule has 0 atom stereocenters. The molecular weight excluding hydrogens is 298 g/mol. The lowest BCUT2D eigenvalue weighted by Crippen LogP contribution is -2.37. The highest BCUT2D eigenvalue weighted by atomic mass is 16.5. The molecule has 2 rings (SSSR count). The fourth-order valence-corrected chi connectivity index (χ4v) is 2.71. The molecular formula is C17H23NO5. The van der Waals surface area contributed by atoms with Crippen molar-refractivity contribution in [3.8, 4) is 0 Å². The lowest BCUT2D eigenvalue weighted by atomic mass is 10.0. The van der Waals surface area contributed by atoms with Gasteiger partial charge in [-0.05, 0) is 38.8 Å². The molecule has 0 aliphatic carbocycles. The molecule has 1 saturated heterocycles. The molecule has 1 heterocycles. The van der Waals surface area contributed by atoms with Crippen LogP contribution >= 0.6 is 0 Å². The Morgan fingerprint density at radius 1 is 1.13 bits per heavy atom. The number of carbonyl (C=O) groups is 2. The molecule has 6 nitrogen and oxygen atoms in total. The Balaban J connectivity index is 2.42. The molecule has 0 aromatic heterocycles. The molecule has 126 valence electrons. The monoisotopic (exact) mass is 321 g/mol. The molecule has 1 aromatic carbocycles. The first-order valence-electron chi connectivity index (χ1n) is 7.98. The minimum atomic E-state index is -0.533. The summed E-state index contributed by atoms with van der Waals surface area (Å²) in [5.74, 6) is -1.06. The zero-order valence-corrected chi connectivity index (χ0v) is 13.6. The molecule has 1 aromatic rings. The molecule has 0 spiro atoms. The number of rotatable bonds is 5. The summed E-state index contributed by atoms with van der Waals surface area (Å²) in [6.45, 7) is 5.16. The first-order chi connectivity index (χ1) is 11.1. The van der Waals surface area contributed by atoms with E-state index in [-0.39, 0.29) is 30.4 Å². The number of carbonyl (C=O) groups excluding carboxylic acids is 2. The Labute approximate surface area is 136 Å². The van der Waals surface area contributed by atoms with E-state index in [2.05, 4.69) is 0 Å². The fourth-order valence-electron chi connectivity index (χ4n) is 2.71.